The molecule has 0 saturated heterocycles. The first kappa shape index (κ1) is 18.6. The Balaban J connectivity index is 1.51. The number of fused-ring (bicyclic) bond motifs is 1. The first-order valence-electron chi connectivity index (χ1n) is 9.47. The summed E-state index contributed by atoms with van der Waals surface area (Å²) < 4.78 is 26.9. The van der Waals surface area contributed by atoms with Crippen molar-refractivity contribution in [2.45, 2.75) is 41.9 Å². The van der Waals surface area contributed by atoms with Crippen molar-refractivity contribution in [3.63, 3.8) is 0 Å². The van der Waals surface area contributed by atoms with Gasteiger partial charge in [0.1, 0.15) is 0 Å². The first-order valence-corrected chi connectivity index (χ1v) is 11.0. The van der Waals surface area contributed by atoms with Gasteiger partial charge < -0.3 is 5.32 Å². The van der Waals surface area contributed by atoms with E-state index in [1.807, 2.05) is 0 Å². The third-order valence-corrected chi connectivity index (χ3v) is 6.90. The van der Waals surface area contributed by atoms with Crippen LogP contribution in [0, 0.1) is 5.92 Å². The van der Waals surface area contributed by atoms with E-state index in [1.165, 1.54) is 23.2 Å². The van der Waals surface area contributed by atoms with Crippen LogP contribution in [0.3, 0.4) is 0 Å². The zero-order chi connectivity index (χ0) is 19.6. The van der Waals surface area contributed by atoms with E-state index in [1.54, 1.807) is 36.4 Å². The summed E-state index contributed by atoms with van der Waals surface area (Å²) in [6.45, 7) is 0.191. The molecule has 2 heterocycles. The number of sulfone groups is 1. The van der Waals surface area contributed by atoms with Crippen LogP contribution in [-0.4, -0.2) is 35.3 Å². The van der Waals surface area contributed by atoms with Gasteiger partial charge in [-0.2, -0.15) is 4.98 Å². The lowest BCUT2D eigenvalue weighted by molar-refractivity contribution is -0.122. The Labute approximate surface area is 163 Å². The number of nitrogens with one attached hydrogen (secondary N) is 1. The minimum absolute atomic E-state index is 0.126. The van der Waals surface area contributed by atoms with Crippen LogP contribution in [0.1, 0.15) is 32.1 Å². The van der Waals surface area contributed by atoms with Gasteiger partial charge in [-0.3, -0.25) is 4.79 Å². The van der Waals surface area contributed by atoms with Crippen molar-refractivity contribution < 1.29 is 13.2 Å². The highest BCUT2D eigenvalue weighted by atomic mass is 32.2. The predicted octanol–water partition coefficient (Wildman–Crippen LogP) is 3.12. The fourth-order valence-electron chi connectivity index (χ4n) is 3.57. The van der Waals surface area contributed by atoms with E-state index in [4.69, 9.17) is 0 Å². The second kappa shape index (κ2) is 7.71. The maximum Gasteiger partial charge on any atom is 0.243 e. The smallest absolute Gasteiger partial charge is 0.243 e. The average Bonchev–Trinajstić information content (AvgIpc) is 3.15. The van der Waals surface area contributed by atoms with E-state index < -0.39 is 9.84 Å². The van der Waals surface area contributed by atoms with Gasteiger partial charge in [-0.1, -0.05) is 37.5 Å². The van der Waals surface area contributed by atoms with Gasteiger partial charge >= 0.3 is 0 Å². The second-order valence-electron chi connectivity index (χ2n) is 7.07. The Morgan fingerprint density at radius 3 is 2.54 bits per heavy atom. The number of Topliss-reactive ketones (excluding diaryl/α,β-unsaturated/α-hetero) is 1. The number of carbonyl (C=O) groups excluding carboxylic acids is 1. The van der Waals surface area contributed by atoms with Crippen LogP contribution in [0.2, 0.25) is 0 Å². The quantitative estimate of drug-likeness (QED) is 0.686. The monoisotopic (exact) mass is 398 g/mol. The van der Waals surface area contributed by atoms with Crippen LogP contribution in [0.4, 0.5) is 5.95 Å². The highest BCUT2D eigenvalue weighted by Gasteiger charge is 2.21. The van der Waals surface area contributed by atoms with E-state index in [-0.39, 0.29) is 28.0 Å². The Hall–Kier alpha value is -2.74. The van der Waals surface area contributed by atoms with Crippen molar-refractivity contribution in [2.75, 3.05) is 11.9 Å². The number of nitrogens with zero attached hydrogens (tertiary/aromatic N) is 3. The van der Waals surface area contributed by atoms with Crippen molar-refractivity contribution >= 4 is 27.2 Å². The molecule has 1 fully saturated rings. The molecule has 1 aromatic carbocycles. The molecule has 2 aromatic heterocycles. The van der Waals surface area contributed by atoms with Crippen LogP contribution in [0.25, 0.3) is 5.65 Å². The van der Waals surface area contributed by atoms with E-state index in [9.17, 15) is 13.2 Å². The van der Waals surface area contributed by atoms with Gasteiger partial charge in [-0.05, 0) is 37.1 Å². The number of hydrogen-bond acceptors (Lipinski definition) is 6. The molecule has 0 radical (unpaired) electrons. The zero-order valence-corrected chi connectivity index (χ0v) is 16.2. The molecule has 0 bridgehead atoms. The summed E-state index contributed by atoms with van der Waals surface area (Å²) in [5, 5.41) is 7.25. The molecule has 8 heteroatoms. The normalized spacial score (nSPS) is 15.6. The summed E-state index contributed by atoms with van der Waals surface area (Å²) >= 11 is 0. The Morgan fingerprint density at radius 1 is 1.04 bits per heavy atom. The number of anilines is 1. The van der Waals surface area contributed by atoms with E-state index in [2.05, 4.69) is 15.4 Å². The topological polar surface area (TPSA) is 93.4 Å². The summed E-state index contributed by atoms with van der Waals surface area (Å²) in [7, 11) is -3.62. The maximum absolute atomic E-state index is 12.8. The van der Waals surface area contributed by atoms with E-state index in [0.717, 1.165) is 25.7 Å². The van der Waals surface area contributed by atoms with Crippen LogP contribution >= 0.6 is 0 Å². The fraction of sp³-hybridized carbons (Fsp3) is 0.350. The maximum atomic E-state index is 12.8. The number of ketones is 1. The van der Waals surface area contributed by atoms with E-state index in [0.29, 0.717) is 11.6 Å². The molecule has 0 atom stereocenters. The standard InChI is InChI=1S/C20H22N4O3S/c25-18(15-7-3-1-4-8-15)13-21-20-22-19-12-11-17(14-24(19)23-20)28(26,27)16-9-5-2-6-10-16/h2,5-6,9-12,14-15H,1,3-4,7-8,13H2,(H,21,23). The molecule has 1 saturated carbocycles. The largest absolute Gasteiger partial charge is 0.346 e. The first-order chi connectivity index (χ1) is 13.5. The number of aromatic nitrogens is 3. The Morgan fingerprint density at radius 2 is 1.79 bits per heavy atom. The lowest BCUT2D eigenvalue weighted by Crippen LogP contribution is -2.25. The van der Waals surface area contributed by atoms with Gasteiger partial charge in [-0.15, -0.1) is 5.10 Å². The molecule has 0 aliphatic heterocycles. The second-order valence-corrected chi connectivity index (χ2v) is 9.02. The molecule has 0 amide bonds. The Bertz CT molecular complexity index is 1090. The SMILES string of the molecule is O=C(CNc1nc2ccc(S(=O)(=O)c3ccccc3)cn2n1)C1CCCCC1. The number of pyridine rings is 1. The van der Waals surface area contributed by atoms with Crippen LogP contribution < -0.4 is 5.32 Å². The zero-order valence-electron chi connectivity index (χ0n) is 15.4. The number of rotatable bonds is 6. The summed E-state index contributed by atoms with van der Waals surface area (Å²) in [6, 6.07) is 11.4. The van der Waals surface area contributed by atoms with Crippen molar-refractivity contribution in [1.82, 2.24) is 14.6 Å². The number of carbonyl (C=O) groups is 1. The Kier molecular flexibility index (Phi) is 5.13. The van der Waals surface area contributed by atoms with Gasteiger partial charge in [0, 0.05) is 5.92 Å². The molecule has 1 aliphatic carbocycles. The summed E-state index contributed by atoms with van der Waals surface area (Å²) in [6.07, 6.45) is 6.79. The minimum atomic E-state index is -3.62. The molecule has 7 nitrogen and oxygen atoms in total. The summed E-state index contributed by atoms with van der Waals surface area (Å²) in [4.78, 5) is 17.0. The third-order valence-electron chi connectivity index (χ3n) is 5.15. The fourth-order valence-corrected chi connectivity index (χ4v) is 4.84. The highest BCUT2D eigenvalue weighted by Crippen LogP contribution is 2.24. The summed E-state index contributed by atoms with van der Waals surface area (Å²) in [5.41, 5.74) is 0.514. The average molecular weight is 398 g/mol. The van der Waals surface area contributed by atoms with Gasteiger partial charge in [0.2, 0.25) is 15.8 Å². The van der Waals surface area contributed by atoms with Crippen molar-refractivity contribution in [2.24, 2.45) is 5.92 Å². The van der Waals surface area contributed by atoms with Gasteiger partial charge in [-0.25, -0.2) is 12.9 Å². The van der Waals surface area contributed by atoms with Gasteiger partial charge in [0.05, 0.1) is 22.5 Å². The lowest BCUT2D eigenvalue weighted by atomic mass is 9.86. The lowest BCUT2D eigenvalue weighted by Gasteiger charge is -2.20. The molecular weight excluding hydrogens is 376 g/mol. The third kappa shape index (κ3) is 3.77. The van der Waals surface area contributed by atoms with Crippen LogP contribution in [-0.2, 0) is 14.6 Å². The van der Waals surface area contributed by atoms with Crippen molar-refractivity contribution in [3.05, 3.63) is 48.7 Å². The van der Waals surface area contributed by atoms with E-state index >= 15 is 0 Å². The molecule has 3 aromatic rings. The molecule has 1 N–H and O–H groups in total. The molecule has 4 rings (SSSR count). The van der Waals surface area contributed by atoms with Crippen molar-refractivity contribution in [1.29, 1.82) is 0 Å². The molecule has 1 aliphatic rings. The van der Waals surface area contributed by atoms with Gasteiger partial charge in [0.15, 0.2) is 11.4 Å². The molecule has 0 spiro atoms. The predicted molar refractivity (Wildman–Crippen MR) is 105 cm³/mol. The molecular formula is C20H22N4O3S. The van der Waals surface area contributed by atoms with Crippen LogP contribution in [0.5, 0.6) is 0 Å². The highest BCUT2D eigenvalue weighted by molar-refractivity contribution is 7.91. The molecule has 0 unspecified atom stereocenters. The minimum Gasteiger partial charge on any atom is -0.346 e. The van der Waals surface area contributed by atoms with Crippen molar-refractivity contribution in [3.8, 4) is 0 Å². The van der Waals surface area contributed by atoms with Gasteiger partial charge in [0.25, 0.3) is 0 Å². The van der Waals surface area contributed by atoms with Crippen LogP contribution in [0.15, 0.2) is 58.5 Å². The summed E-state index contributed by atoms with van der Waals surface area (Å²) in [5.74, 6) is 0.630. The number of benzene rings is 1. The number of hydrogen-bond donors (Lipinski definition) is 1. The molecule has 28 heavy (non-hydrogen) atoms. The molecule has 146 valence electrons.